The van der Waals surface area contributed by atoms with Crippen LogP contribution < -0.4 is 4.74 Å². The molecule has 0 aliphatic carbocycles. The summed E-state index contributed by atoms with van der Waals surface area (Å²) in [6.07, 6.45) is 0. The molecule has 0 aliphatic rings. The molecule has 0 aliphatic heterocycles. The summed E-state index contributed by atoms with van der Waals surface area (Å²) in [5.74, 6) is -0.0208. The van der Waals surface area contributed by atoms with Gasteiger partial charge in [0.25, 0.3) is 0 Å². The number of ether oxygens (including phenoxy) is 1. The van der Waals surface area contributed by atoms with Gasteiger partial charge in [-0.2, -0.15) is 8.78 Å². The molecule has 0 saturated carbocycles. The van der Waals surface area contributed by atoms with Crippen molar-refractivity contribution in [2.75, 3.05) is 0 Å². The van der Waals surface area contributed by atoms with Gasteiger partial charge in [-0.05, 0) is 34.7 Å². The van der Waals surface area contributed by atoms with Crippen molar-refractivity contribution in [3.8, 4) is 5.75 Å². The van der Waals surface area contributed by atoms with Crippen LogP contribution in [-0.4, -0.2) is 11.7 Å². The molecule has 0 saturated heterocycles. The topological polar surface area (TPSA) is 29.5 Å². The second-order valence-corrected chi connectivity index (χ2v) is 4.01. The van der Waals surface area contributed by atoms with Crippen molar-refractivity contribution >= 4 is 34.2 Å². The van der Waals surface area contributed by atoms with E-state index >= 15 is 0 Å². The van der Waals surface area contributed by atoms with Crippen molar-refractivity contribution < 1.29 is 18.6 Å². The Labute approximate surface area is 98.0 Å². The molecular formula is C8H6ClF2IO2. The molecule has 1 aromatic rings. The molecule has 0 heterocycles. The summed E-state index contributed by atoms with van der Waals surface area (Å²) < 4.78 is 28.7. The summed E-state index contributed by atoms with van der Waals surface area (Å²) in [5.41, 5.74) is 0.252. The van der Waals surface area contributed by atoms with Crippen molar-refractivity contribution in [2.24, 2.45) is 0 Å². The van der Waals surface area contributed by atoms with Crippen LogP contribution in [0.4, 0.5) is 8.78 Å². The van der Waals surface area contributed by atoms with Crippen LogP contribution in [0.1, 0.15) is 5.56 Å². The lowest BCUT2D eigenvalue weighted by Crippen LogP contribution is -2.06. The van der Waals surface area contributed by atoms with Gasteiger partial charge in [-0.15, -0.1) is 0 Å². The number of benzene rings is 1. The fourth-order valence-corrected chi connectivity index (χ4v) is 2.19. The first kappa shape index (κ1) is 11.9. The van der Waals surface area contributed by atoms with E-state index in [0.717, 1.165) is 0 Å². The van der Waals surface area contributed by atoms with Crippen LogP contribution in [0, 0.1) is 3.57 Å². The SMILES string of the molecule is OCc1cc(Cl)cc(I)c1OC(F)F. The van der Waals surface area contributed by atoms with Crippen LogP contribution in [0.3, 0.4) is 0 Å². The highest BCUT2D eigenvalue weighted by Gasteiger charge is 2.13. The minimum atomic E-state index is -2.91. The number of alkyl halides is 2. The predicted molar refractivity (Wildman–Crippen MR) is 56.7 cm³/mol. The Bertz CT molecular complexity index is 333. The number of hydrogen-bond donors (Lipinski definition) is 1. The first-order chi connectivity index (χ1) is 6.54. The van der Waals surface area contributed by atoms with Gasteiger partial charge in [0.1, 0.15) is 5.75 Å². The van der Waals surface area contributed by atoms with Crippen LogP contribution in [-0.2, 0) is 6.61 Å². The smallest absolute Gasteiger partial charge is 0.387 e. The standard InChI is InChI=1S/C8H6ClF2IO2/c9-5-1-4(3-13)7(6(12)2-5)14-8(10)11/h1-2,8,13H,3H2. The summed E-state index contributed by atoms with van der Waals surface area (Å²) in [5, 5.41) is 9.27. The average Bonchev–Trinajstić information content (AvgIpc) is 2.08. The molecule has 0 spiro atoms. The first-order valence-electron chi connectivity index (χ1n) is 3.58. The molecule has 0 radical (unpaired) electrons. The summed E-state index contributed by atoms with van der Waals surface area (Å²) in [4.78, 5) is 0. The van der Waals surface area contributed by atoms with E-state index in [1.165, 1.54) is 12.1 Å². The van der Waals surface area contributed by atoms with Crippen LogP contribution in [0.25, 0.3) is 0 Å². The molecule has 0 unspecified atom stereocenters. The zero-order chi connectivity index (χ0) is 10.7. The highest BCUT2D eigenvalue weighted by atomic mass is 127. The number of hydrogen-bond acceptors (Lipinski definition) is 2. The quantitative estimate of drug-likeness (QED) is 0.861. The summed E-state index contributed by atoms with van der Waals surface area (Å²) in [6, 6.07) is 2.88. The van der Waals surface area contributed by atoms with Crippen molar-refractivity contribution in [1.29, 1.82) is 0 Å². The first-order valence-corrected chi connectivity index (χ1v) is 5.04. The molecule has 0 amide bonds. The van der Waals surface area contributed by atoms with Gasteiger partial charge in [0.2, 0.25) is 0 Å². The van der Waals surface area contributed by atoms with E-state index in [2.05, 4.69) is 4.74 Å². The molecule has 0 aromatic heterocycles. The molecule has 0 bridgehead atoms. The zero-order valence-corrected chi connectivity index (χ0v) is 9.72. The average molecular weight is 334 g/mol. The molecule has 1 N–H and O–H groups in total. The van der Waals surface area contributed by atoms with Crippen LogP contribution in [0.15, 0.2) is 12.1 Å². The molecule has 0 fully saturated rings. The zero-order valence-electron chi connectivity index (χ0n) is 6.81. The minimum absolute atomic E-state index is 0.0208. The van der Waals surface area contributed by atoms with Gasteiger partial charge in [-0.3, -0.25) is 0 Å². The Morgan fingerprint density at radius 1 is 1.50 bits per heavy atom. The van der Waals surface area contributed by atoms with Crippen molar-refractivity contribution in [3.05, 3.63) is 26.3 Å². The lowest BCUT2D eigenvalue weighted by Gasteiger charge is -2.11. The highest BCUT2D eigenvalue weighted by molar-refractivity contribution is 14.1. The molecule has 78 valence electrons. The highest BCUT2D eigenvalue weighted by Crippen LogP contribution is 2.30. The number of rotatable bonds is 3. The van der Waals surface area contributed by atoms with Crippen LogP contribution in [0.2, 0.25) is 5.02 Å². The van der Waals surface area contributed by atoms with Gasteiger partial charge in [0.05, 0.1) is 10.2 Å². The maximum absolute atomic E-state index is 12.0. The fraction of sp³-hybridized carbons (Fsp3) is 0.250. The Morgan fingerprint density at radius 2 is 2.14 bits per heavy atom. The lowest BCUT2D eigenvalue weighted by molar-refractivity contribution is -0.0515. The molecule has 0 atom stereocenters. The largest absolute Gasteiger partial charge is 0.433 e. The van der Waals surface area contributed by atoms with Gasteiger partial charge >= 0.3 is 6.61 Å². The molecule has 6 heteroatoms. The number of aliphatic hydroxyl groups is 1. The summed E-state index contributed by atoms with van der Waals surface area (Å²) >= 11 is 7.49. The molecule has 1 rings (SSSR count). The summed E-state index contributed by atoms with van der Waals surface area (Å²) in [6.45, 7) is -3.30. The molecule has 2 nitrogen and oxygen atoms in total. The van der Waals surface area contributed by atoms with E-state index < -0.39 is 13.2 Å². The number of aliphatic hydroxyl groups excluding tert-OH is 1. The molecular weight excluding hydrogens is 328 g/mol. The van der Waals surface area contributed by atoms with Gasteiger partial charge in [-0.25, -0.2) is 0 Å². The van der Waals surface area contributed by atoms with Crippen LogP contribution in [0.5, 0.6) is 5.75 Å². The lowest BCUT2D eigenvalue weighted by atomic mass is 10.2. The van der Waals surface area contributed by atoms with Gasteiger partial charge in [0.15, 0.2) is 0 Å². The predicted octanol–water partition coefficient (Wildman–Crippen LogP) is 3.04. The fourth-order valence-electron chi connectivity index (χ4n) is 0.952. The monoisotopic (exact) mass is 334 g/mol. The Balaban J connectivity index is 3.11. The normalized spacial score (nSPS) is 10.7. The Morgan fingerprint density at radius 3 is 2.64 bits per heavy atom. The Hall–Kier alpha value is -0.140. The molecule has 14 heavy (non-hydrogen) atoms. The third kappa shape index (κ3) is 2.93. The van der Waals surface area contributed by atoms with Gasteiger partial charge in [-0.1, -0.05) is 11.6 Å². The minimum Gasteiger partial charge on any atom is -0.433 e. The third-order valence-corrected chi connectivity index (χ3v) is 2.48. The van der Waals surface area contributed by atoms with E-state index in [-0.39, 0.29) is 11.3 Å². The number of halogens is 4. The molecule has 1 aromatic carbocycles. The summed E-state index contributed by atoms with van der Waals surface area (Å²) in [7, 11) is 0. The van der Waals surface area contributed by atoms with Gasteiger partial charge < -0.3 is 9.84 Å². The van der Waals surface area contributed by atoms with E-state index in [0.29, 0.717) is 8.59 Å². The van der Waals surface area contributed by atoms with E-state index in [1.807, 2.05) is 22.6 Å². The van der Waals surface area contributed by atoms with E-state index in [1.54, 1.807) is 0 Å². The van der Waals surface area contributed by atoms with E-state index in [9.17, 15) is 8.78 Å². The van der Waals surface area contributed by atoms with Crippen molar-refractivity contribution in [1.82, 2.24) is 0 Å². The maximum Gasteiger partial charge on any atom is 0.387 e. The van der Waals surface area contributed by atoms with E-state index in [4.69, 9.17) is 16.7 Å². The second-order valence-electron chi connectivity index (χ2n) is 2.41. The van der Waals surface area contributed by atoms with Gasteiger partial charge in [0, 0.05) is 10.6 Å². The second kappa shape index (κ2) is 5.09. The van der Waals surface area contributed by atoms with Crippen molar-refractivity contribution in [3.63, 3.8) is 0 Å². The maximum atomic E-state index is 12.0. The third-order valence-electron chi connectivity index (χ3n) is 1.46. The Kier molecular flexibility index (Phi) is 4.33. The van der Waals surface area contributed by atoms with Crippen molar-refractivity contribution in [2.45, 2.75) is 13.2 Å². The van der Waals surface area contributed by atoms with Crippen LogP contribution >= 0.6 is 34.2 Å².